The zero-order valence-corrected chi connectivity index (χ0v) is 5.92. The first kappa shape index (κ1) is 8.07. The van der Waals surface area contributed by atoms with Crippen LogP contribution < -0.4 is 11.5 Å². The quantitative estimate of drug-likeness (QED) is 0.230. The minimum absolute atomic E-state index is 0.208. The summed E-state index contributed by atoms with van der Waals surface area (Å²) in [6.07, 6.45) is 0. The second-order valence-electron chi connectivity index (χ2n) is 1.54. The fraction of sp³-hybridized carbons (Fsp3) is 0.800. The molecule has 0 aliphatic heterocycles. The van der Waals surface area contributed by atoms with E-state index in [1.165, 1.54) is 4.74 Å². The first-order chi connectivity index (χ1) is 4.22. The van der Waals surface area contributed by atoms with Crippen LogP contribution in [0.25, 0.3) is 0 Å². The van der Waals surface area contributed by atoms with Gasteiger partial charge >= 0.3 is 5.96 Å². The van der Waals surface area contributed by atoms with E-state index in [9.17, 15) is 0 Å². The smallest absolute Gasteiger partial charge is 0.362 e. The molecule has 54 valence electrons. The van der Waals surface area contributed by atoms with Gasteiger partial charge in [0.2, 0.25) is 0 Å². The Balaban J connectivity index is 3.83. The zero-order valence-electron chi connectivity index (χ0n) is 5.92. The summed E-state index contributed by atoms with van der Waals surface area (Å²) in [5.41, 5.74) is 10.5. The van der Waals surface area contributed by atoms with Crippen LogP contribution in [0.15, 0.2) is 0 Å². The van der Waals surface area contributed by atoms with Crippen LogP contribution in [0.2, 0.25) is 0 Å². The second-order valence-corrected chi connectivity index (χ2v) is 1.54. The van der Waals surface area contributed by atoms with Gasteiger partial charge in [0.1, 0.15) is 13.2 Å². The molecule has 0 unspecified atom stereocenters. The lowest BCUT2D eigenvalue weighted by Gasteiger charge is -2.03. The molecule has 0 amide bonds. The maximum Gasteiger partial charge on any atom is 0.377 e. The van der Waals surface area contributed by atoms with Gasteiger partial charge in [-0.1, -0.05) is 4.74 Å². The Bertz CT molecular complexity index is 107. The van der Waals surface area contributed by atoms with Crippen LogP contribution in [-0.4, -0.2) is 23.9 Å². The van der Waals surface area contributed by atoms with E-state index in [1.54, 1.807) is 0 Å². The third-order valence-electron chi connectivity index (χ3n) is 0.860. The molecule has 0 saturated carbocycles. The standard InChI is InChI=1S/C5H13N3O/c1-3-8(5(6)7)9-4-2/h3-4H2,1-2H3,(H3,6,7)/p+1. The van der Waals surface area contributed by atoms with E-state index >= 15 is 0 Å². The van der Waals surface area contributed by atoms with Crippen molar-refractivity contribution in [1.82, 2.24) is 0 Å². The van der Waals surface area contributed by atoms with Crippen molar-refractivity contribution in [3.63, 3.8) is 0 Å². The topological polar surface area (TPSA) is 64.3 Å². The molecule has 0 aromatic carbocycles. The van der Waals surface area contributed by atoms with Crippen LogP contribution in [-0.2, 0) is 4.84 Å². The maximum absolute atomic E-state index is 5.23. The number of nitrogens with zero attached hydrogens (tertiary/aromatic N) is 1. The normalized spacial score (nSPS) is 8.67. The van der Waals surface area contributed by atoms with Crippen LogP contribution in [0.5, 0.6) is 0 Å². The summed E-state index contributed by atoms with van der Waals surface area (Å²) in [6.45, 7) is 5.06. The molecule has 0 rings (SSSR count). The third kappa shape index (κ3) is 2.79. The molecule has 0 radical (unpaired) electrons. The summed E-state index contributed by atoms with van der Waals surface area (Å²) in [5, 5.41) is 0. The van der Waals surface area contributed by atoms with Gasteiger partial charge in [0.15, 0.2) is 0 Å². The van der Waals surface area contributed by atoms with Crippen molar-refractivity contribution < 1.29 is 9.58 Å². The molecule has 0 bridgehead atoms. The Morgan fingerprint density at radius 1 is 1.44 bits per heavy atom. The fourth-order valence-electron chi connectivity index (χ4n) is 0.504. The Morgan fingerprint density at radius 2 is 2.00 bits per heavy atom. The molecule has 0 aromatic heterocycles. The number of nitrogens with two attached hydrogens (primary N) is 2. The molecule has 0 atom stereocenters. The fourth-order valence-corrected chi connectivity index (χ4v) is 0.504. The highest BCUT2D eigenvalue weighted by atomic mass is 16.7. The summed E-state index contributed by atoms with van der Waals surface area (Å²) in [6, 6.07) is 0. The molecule has 0 aromatic rings. The molecule has 0 fully saturated rings. The SMILES string of the molecule is CCO[N+](CC)=C(N)N. The van der Waals surface area contributed by atoms with Crippen LogP contribution in [0.4, 0.5) is 0 Å². The molecular formula is C5H14N3O+. The van der Waals surface area contributed by atoms with E-state index in [0.717, 1.165) is 0 Å². The number of hydrogen-bond donors (Lipinski definition) is 2. The van der Waals surface area contributed by atoms with E-state index < -0.39 is 0 Å². The zero-order chi connectivity index (χ0) is 7.28. The van der Waals surface area contributed by atoms with Crippen molar-refractivity contribution in [3.8, 4) is 0 Å². The van der Waals surface area contributed by atoms with Gasteiger partial charge in [0.05, 0.1) is 0 Å². The van der Waals surface area contributed by atoms with Gasteiger partial charge in [0.25, 0.3) is 0 Å². The summed E-state index contributed by atoms with van der Waals surface area (Å²) in [5.74, 6) is 0.208. The molecule has 0 aliphatic carbocycles. The second kappa shape index (κ2) is 4.00. The summed E-state index contributed by atoms with van der Waals surface area (Å²) in [4.78, 5) is 5.00. The Labute approximate surface area is 55.1 Å². The molecule has 0 heterocycles. The predicted molar refractivity (Wildman–Crippen MR) is 35.8 cm³/mol. The van der Waals surface area contributed by atoms with Crippen molar-refractivity contribution in [1.29, 1.82) is 0 Å². The molecular weight excluding hydrogens is 118 g/mol. The molecule has 9 heavy (non-hydrogen) atoms. The lowest BCUT2D eigenvalue weighted by molar-refractivity contribution is -0.786. The van der Waals surface area contributed by atoms with Crippen molar-refractivity contribution in [2.75, 3.05) is 13.2 Å². The largest absolute Gasteiger partial charge is 0.377 e. The first-order valence-corrected chi connectivity index (χ1v) is 3.00. The maximum atomic E-state index is 5.23. The van der Waals surface area contributed by atoms with Crippen molar-refractivity contribution >= 4 is 5.96 Å². The van der Waals surface area contributed by atoms with E-state index in [0.29, 0.717) is 13.2 Å². The van der Waals surface area contributed by atoms with Crippen LogP contribution in [0.1, 0.15) is 13.8 Å². The number of rotatable bonds is 3. The molecule has 0 spiro atoms. The monoisotopic (exact) mass is 132 g/mol. The molecule has 4 nitrogen and oxygen atoms in total. The van der Waals surface area contributed by atoms with Gasteiger partial charge in [-0.3, -0.25) is 11.5 Å². The average molecular weight is 132 g/mol. The summed E-state index contributed by atoms with van der Waals surface area (Å²) < 4.78 is 1.44. The van der Waals surface area contributed by atoms with Crippen LogP contribution in [0, 0.1) is 0 Å². The third-order valence-corrected chi connectivity index (χ3v) is 0.860. The summed E-state index contributed by atoms with van der Waals surface area (Å²) >= 11 is 0. The minimum atomic E-state index is 0.208. The van der Waals surface area contributed by atoms with Crippen molar-refractivity contribution in [3.05, 3.63) is 0 Å². The Hall–Kier alpha value is -0.930. The number of hydrogen-bond acceptors (Lipinski definition) is 1. The highest BCUT2D eigenvalue weighted by Gasteiger charge is 1.98. The molecule has 0 aliphatic rings. The number of guanidine groups is 1. The molecule has 0 saturated heterocycles. The van der Waals surface area contributed by atoms with Crippen LogP contribution in [0.3, 0.4) is 0 Å². The highest BCUT2D eigenvalue weighted by Crippen LogP contribution is 1.75. The van der Waals surface area contributed by atoms with Gasteiger partial charge in [0, 0.05) is 0 Å². The predicted octanol–water partition coefficient (Wildman–Crippen LogP) is -0.756. The first-order valence-electron chi connectivity index (χ1n) is 3.00. The van der Waals surface area contributed by atoms with Crippen LogP contribution >= 0.6 is 0 Å². The van der Waals surface area contributed by atoms with Gasteiger partial charge in [-0.05, 0) is 13.8 Å². The Morgan fingerprint density at radius 3 is 2.11 bits per heavy atom. The van der Waals surface area contributed by atoms with E-state index in [1.807, 2.05) is 13.8 Å². The minimum Gasteiger partial charge on any atom is -0.362 e. The van der Waals surface area contributed by atoms with Gasteiger partial charge in [-0.25, -0.2) is 0 Å². The highest BCUT2D eigenvalue weighted by molar-refractivity contribution is 5.69. The lowest BCUT2D eigenvalue weighted by Crippen LogP contribution is -2.35. The number of hydroxylamine groups is 1. The van der Waals surface area contributed by atoms with Crippen molar-refractivity contribution in [2.45, 2.75) is 13.8 Å². The van der Waals surface area contributed by atoms with Gasteiger partial charge in [-0.15, -0.1) is 0 Å². The molecule has 4 N–H and O–H groups in total. The van der Waals surface area contributed by atoms with E-state index in [-0.39, 0.29) is 5.96 Å². The van der Waals surface area contributed by atoms with E-state index in [2.05, 4.69) is 0 Å². The van der Waals surface area contributed by atoms with Crippen molar-refractivity contribution in [2.24, 2.45) is 11.5 Å². The van der Waals surface area contributed by atoms with Gasteiger partial charge < -0.3 is 4.84 Å². The van der Waals surface area contributed by atoms with Gasteiger partial charge in [-0.2, -0.15) is 0 Å². The average Bonchev–Trinajstić information content (AvgIpc) is 1.82. The summed E-state index contributed by atoms with van der Waals surface area (Å²) in [7, 11) is 0. The lowest BCUT2D eigenvalue weighted by atomic mass is 10.8. The molecule has 4 heteroatoms. The van der Waals surface area contributed by atoms with E-state index in [4.69, 9.17) is 16.3 Å². The Kier molecular flexibility index (Phi) is 3.59.